The summed E-state index contributed by atoms with van der Waals surface area (Å²) in [7, 11) is 0. The molecular weight excluding hydrogens is 719 g/mol. The van der Waals surface area contributed by atoms with Crippen molar-refractivity contribution in [3.63, 3.8) is 0 Å². The third-order valence-corrected chi connectivity index (χ3v) is 11.4. The van der Waals surface area contributed by atoms with Gasteiger partial charge in [-0.3, -0.25) is 9.59 Å². The number of ether oxygens (including phenoxy) is 1. The van der Waals surface area contributed by atoms with Gasteiger partial charge in [0, 0.05) is 12.8 Å². The van der Waals surface area contributed by atoms with E-state index in [9.17, 15) is 19.8 Å². The topological polar surface area (TPSA) is 95.9 Å². The number of rotatable bonds is 46. The summed E-state index contributed by atoms with van der Waals surface area (Å²) in [5.74, 6) is -0.0940. The SMILES string of the molecule is CCCCC/C=C\C/C=C\CCCCCCCC(=O)OCCCCCCCC/C=C\CCCCCC(=O)NC(CO)C(O)CCCCCCCCCCCCCCC. The Bertz CT molecular complexity index is 946. The second-order valence-corrected chi connectivity index (χ2v) is 17.1. The Morgan fingerprint density at radius 1 is 0.483 bits per heavy atom. The summed E-state index contributed by atoms with van der Waals surface area (Å²) in [5, 5.41) is 23.1. The lowest BCUT2D eigenvalue weighted by Gasteiger charge is -2.22. The number of amides is 1. The Hall–Kier alpha value is -1.92. The molecule has 0 aromatic rings. The van der Waals surface area contributed by atoms with Gasteiger partial charge in [0.25, 0.3) is 0 Å². The van der Waals surface area contributed by atoms with Gasteiger partial charge in [-0.1, -0.05) is 198 Å². The van der Waals surface area contributed by atoms with E-state index in [2.05, 4.69) is 55.6 Å². The summed E-state index contributed by atoms with van der Waals surface area (Å²) in [5.41, 5.74) is 0. The first-order valence-electron chi connectivity index (χ1n) is 25.2. The third kappa shape index (κ3) is 43.7. The van der Waals surface area contributed by atoms with E-state index in [1.165, 1.54) is 141 Å². The van der Waals surface area contributed by atoms with Crippen molar-refractivity contribution in [3.05, 3.63) is 36.5 Å². The van der Waals surface area contributed by atoms with Crippen LogP contribution < -0.4 is 5.32 Å². The lowest BCUT2D eigenvalue weighted by Crippen LogP contribution is -2.45. The molecule has 0 saturated carbocycles. The Morgan fingerprint density at radius 3 is 1.38 bits per heavy atom. The fourth-order valence-corrected chi connectivity index (χ4v) is 7.49. The monoisotopic (exact) mass is 816 g/mol. The highest BCUT2D eigenvalue weighted by molar-refractivity contribution is 5.76. The quantitative estimate of drug-likeness (QED) is 0.0323. The standard InChI is InChI=1S/C52H97NO5/c1-3-5-7-9-11-13-15-17-18-22-26-30-34-38-42-46-52(57)58-47-43-39-35-31-27-23-19-21-25-29-33-37-41-45-51(56)53-49(48-54)50(55)44-40-36-32-28-24-20-16-14-12-10-8-6-4-2/h11,13,17-18,21,25,49-50,54-55H,3-10,12,14-16,19-20,22-24,26-48H2,1-2H3,(H,53,56)/b13-11-,18-17-,25-21-. The van der Waals surface area contributed by atoms with E-state index in [1.54, 1.807) is 0 Å². The minimum atomic E-state index is -0.681. The van der Waals surface area contributed by atoms with Gasteiger partial charge < -0.3 is 20.3 Å². The number of unbranched alkanes of at least 4 members (excludes halogenated alkanes) is 29. The zero-order valence-electron chi connectivity index (χ0n) is 38.5. The van der Waals surface area contributed by atoms with Crippen LogP contribution in [-0.4, -0.2) is 47.4 Å². The lowest BCUT2D eigenvalue weighted by atomic mass is 10.0. The number of aliphatic hydroxyl groups is 2. The Labute approximate surface area is 360 Å². The van der Waals surface area contributed by atoms with Crippen molar-refractivity contribution >= 4 is 11.9 Å². The molecule has 340 valence electrons. The van der Waals surface area contributed by atoms with Crippen LogP contribution in [0.4, 0.5) is 0 Å². The highest BCUT2D eigenvalue weighted by Crippen LogP contribution is 2.15. The molecule has 2 atom stereocenters. The number of esters is 1. The normalized spacial score (nSPS) is 13.0. The summed E-state index contributed by atoms with van der Waals surface area (Å²) in [6.07, 6.45) is 56.8. The van der Waals surface area contributed by atoms with Gasteiger partial charge >= 0.3 is 5.97 Å². The molecule has 0 radical (unpaired) electrons. The number of carbonyl (C=O) groups is 2. The van der Waals surface area contributed by atoms with E-state index in [4.69, 9.17) is 4.74 Å². The molecule has 6 heteroatoms. The summed E-state index contributed by atoms with van der Waals surface area (Å²) in [6, 6.07) is -0.562. The summed E-state index contributed by atoms with van der Waals surface area (Å²) in [4.78, 5) is 24.4. The first-order valence-corrected chi connectivity index (χ1v) is 25.2. The van der Waals surface area contributed by atoms with Crippen LogP contribution in [0.15, 0.2) is 36.5 Å². The molecule has 0 rings (SSSR count). The van der Waals surface area contributed by atoms with Crippen molar-refractivity contribution in [3.8, 4) is 0 Å². The molecule has 6 nitrogen and oxygen atoms in total. The van der Waals surface area contributed by atoms with Crippen LogP contribution in [0.2, 0.25) is 0 Å². The molecule has 0 fully saturated rings. The van der Waals surface area contributed by atoms with E-state index >= 15 is 0 Å². The van der Waals surface area contributed by atoms with Gasteiger partial charge in [0.15, 0.2) is 0 Å². The molecule has 0 bridgehead atoms. The molecule has 58 heavy (non-hydrogen) atoms. The van der Waals surface area contributed by atoms with Crippen molar-refractivity contribution in [2.24, 2.45) is 0 Å². The van der Waals surface area contributed by atoms with E-state index in [0.717, 1.165) is 83.5 Å². The van der Waals surface area contributed by atoms with Crippen molar-refractivity contribution in [1.82, 2.24) is 5.32 Å². The highest BCUT2D eigenvalue weighted by Gasteiger charge is 2.20. The minimum absolute atomic E-state index is 0.0272. The lowest BCUT2D eigenvalue weighted by molar-refractivity contribution is -0.143. The van der Waals surface area contributed by atoms with Gasteiger partial charge in [-0.2, -0.15) is 0 Å². The smallest absolute Gasteiger partial charge is 0.305 e. The maximum atomic E-state index is 12.4. The van der Waals surface area contributed by atoms with E-state index in [-0.39, 0.29) is 18.5 Å². The molecular formula is C52H97NO5. The fraction of sp³-hybridized carbons (Fsp3) is 0.846. The summed E-state index contributed by atoms with van der Waals surface area (Å²) < 4.78 is 5.44. The number of carbonyl (C=O) groups excluding carboxylic acids is 2. The zero-order chi connectivity index (χ0) is 42.3. The second kappa shape index (κ2) is 47.8. The largest absolute Gasteiger partial charge is 0.466 e. The van der Waals surface area contributed by atoms with Gasteiger partial charge in [0.2, 0.25) is 5.91 Å². The Morgan fingerprint density at radius 2 is 0.862 bits per heavy atom. The van der Waals surface area contributed by atoms with Gasteiger partial charge in [0.1, 0.15) is 0 Å². The average molecular weight is 816 g/mol. The van der Waals surface area contributed by atoms with Crippen LogP contribution in [0.1, 0.15) is 258 Å². The minimum Gasteiger partial charge on any atom is -0.466 e. The first-order chi connectivity index (χ1) is 28.5. The van der Waals surface area contributed by atoms with Crippen molar-refractivity contribution in [2.45, 2.75) is 270 Å². The van der Waals surface area contributed by atoms with Gasteiger partial charge in [-0.05, 0) is 83.5 Å². The molecule has 0 aliphatic carbocycles. The molecule has 3 N–H and O–H groups in total. The first kappa shape index (κ1) is 56.1. The maximum absolute atomic E-state index is 12.4. The molecule has 0 spiro atoms. The van der Waals surface area contributed by atoms with Gasteiger partial charge in [0.05, 0.1) is 25.4 Å². The molecule has 0 saturated heterocycles. The molecule has 1 amide bonds. The van der Waals surface area contributed by atoms with E-state index in [0.29, 0.717) is 25.9 Å². The zero-order valence-corrected chi connectivity index (χ0v) is 38.5. The van der Waals surface area contributed by atoms with Gasteiger partial charge in [-0.25, -0.2) is 0 Å². The summed E-state index contributed by atoms with van der Waals surface area (Å²) in [6.45, 7) is 4.86. The van der Waals surface area contributed by atoms with E-state index in [1.807, 2.05) is 0 Å². The molecule has 2 unspecified atom stereocenters. The molecule has 0 heterocycles. The molecule has 0 aromatic carbocycles. The van der Waals surface area contributed by atoms with Gasteiger partial charge in [-0.15, -0.1) is 0 Å². The number of nitrogens with one attached hydrogen (secondary N) is 1. The van der Waals surface area contributed by atoms with Crippen LogP contribution in [0.3, 0.4) is 0 Å². The Balaban J connectivity index is 3.51. The predicted molar refractivity (Wildman–Crippen MR) is 250 cm³/mol. The Kier molecular flexibility index (Phi) is 46.2. The van der Waals surface area contributed by atoms with Crippen molar-refractivity contribution in [1.29, 1.82) is 0 Å². The number of hydrogen-bond donors (Lipinski definition) is 3. The van der Waals surface area contributed by atoms with Crippen LogP contribution in [0.25, 0.3) is 0 Å². The van der Waals surface area contributed by atoms with Crippen molar-refractivity contribution < 1.29 is 24.5 Å². The van der Waals surface area contributed by atoms with Crippen LogP contribution >= 0.6 is 0 Å². The average Bonchev–Trinajstić information content (AvgIpc) is 3.22. The van der Waals surface area contributed by atoms with Crippen molar-refractivity contribution in [2.75, 3.05) is 13.2 Å². The van der Waals surface area contributed by atoms with E-state index < -0.39 is 12.1 Å². The second-order valence-electron chi connectivity index (χ2n) is 17.1. The molecule has 0 aliphatic heterocycles. The maximum Gasteiger partial charge on any atom is 0.305 e. The predicted octanol–water partition coefficient (Wildman–Crippen LogP) is 14.9. The number of hydrogen-bond acceptors (Lipinski definition) is 5. The van der Waals surface area contributed by atoms with Crippen LogP contribution in [0.5, 0.6) is 0 Å². The number of allylic oxidation sites excluding steroid dienone is 6. The van der Waals surface area contributed by atoms with Crippen LogP contribution in [0, 0.1) is 0 Å². The van der Waals surface area contributed by atoms with Crippen LogP contribution in [-0.2, 0) is 14.3 Å². The highest BCUT2D eigenvalue weighted by atomic mass is 16.5. The fourth-order valence-electron chi connectivity index (χ4n) is 7.49. The molecule has 0 aliphatic rings. The summed E-state index contributed by atoms with van der Waals surface area (Å²) >= 11 is 0. The number of aliphatic hydroxyl groups excluding tert-OH is 2. The molecule has 0 aromatic heterocycles. The third-order valence-electron chi connectivity index (χ3n) is 11.4.